The summed E-state index contributed by atoms with van der Waals surface area (Å²) < 4.78 is 5.95. The highest BCUT2D eigenvalue weighted by molar-refractivity contribution is 7.22. The van der Waals surface area contributed by atoms with Crippen molar-refractivity contribution in [3.8, 4) is 0 Å². The number of benzene rings is 1. The predicted octanol–water partition coefficient (Wildman–Crippen LogP) is 1.05. The number of ether oxygens (including phenoxy) is 1. The quantitative estimate of drug-likeness (QED) is 0.795. The summed E-state index contributed by atoms with van der Waals surface area (Å²) in [7, 11) is 3.28. The lowest BCUT2D eigenvalue weighted by Gasteiger charge is -2.34. The molecule has 1 aromatic carbocycles. The average molecular weight is 362 g/mol. The minimum absolute atomic E-state index is 0.0000650. The Bertz CT molecular complexity index is 722. The summed E-state index contributed by atoms with van der Waals surface area (Å²) in [5, 5.41) is 0.708. The zero-order chi connectivity index (χ0) is 17.8. The van der Waals surface area contributed by atoms with Crippen LogP contribution in [-0.4, -0.2) is 80.1 Å². The number of rotatable bonds is 5. The Morgan fingerprint density at radius 2 is 1.96 bits per heavy atom. The maximum atomic E-state index is 12.6. The summed E-state index contributed by atoms with van der Waals surface area (Å²) >= 11 is 1.51. The highest BCUT2D eigenvalue weighted by Gasteiger charge is 2.24. The van der Waals surface area contributed by atoms with E-state index in [4.69, 9.17) is 4.74 Å². The Hall–Kier alpha value is -2.03. The third-order valence-corrected chi connectivity index (χ3v) is 5.41. The van der Waals surface area contributed by atoms with Crippen LogP contribution in [0, 0.1) is 0 Å². The minimum atomic E-state index is 0.0000650. The summed E-state index contributed by atoms with van der Waals surface area (Å²) in [4.78, 5) is 34.4. The molecule has 134 valence electrons. The third kappa shape index (κ3) is 4.15. The van der Waals surface area contributed by atoms with Gasteiger partial charge in [-0.1, -0.05) is 23.5 Å². The fraction of sp³-hybridized carbons (Fsp3) is 0.471. The molecule has 1 saturated heterocycles. The second-order valence-corrected chi connectivity index (χ2v) is 7.02. The molecule has 2 heterocycles. The second-order valence-electron chi connectivity index (χ2n) is 6.01. The lowest BCUT2D eigenvalue weighted by atomic mass is 10.3. The highest BCUT2D eigenvalue weighted by atomic mass is 32.1. The molecule has 0 unspecified atom stereocenters. The van der Waals surface area contributed by atoms with E-state index >= 15 is 0 Å². The van der Waals surface area contributed by atoms with Crippen molar-refractivity contribution in [2.75, 3.05) is 58.4 Å². The standard InChI is InChI=1S/C17H22N4O3S/c1-19(17-18-13-5-3-4-6-14(13)25-17)15(22)11-20-7-9-21(10-8-20)16(23)12-24-2/h3-6H,7-12H2,1-2H3. The van der Waals surface area contributed by atoms with Crippen LogP contribution >= 0.6 is 11.3 Å². The molecular formula is C17H22N4O3S. The van der Waals surface area contributed by atoms with E-state index in [9.17, 15) is 9.59 Å². The molecule has 0 aliphatic carbocycles. The van der Waals surface area contributed by atoms with Gasteiger partial charge in [0.15, 0.2) is 5.13 Å². The minimum Gasteiger partial charge on any atom is -0.375 e. The van der Waals surface area contributed by atoms with Crippen LogP contribution in [0.25, 0.3) is 10.2 Å². The molecular weight excluding hydrogens is 340 g/mol. The molecule has 0 radical (unpaired) electrons. The molecule has 8 heteroatoms. The number of carbonyl (C=O) groups is 2. The maximum Gasteiger partial charge on any atom is 0.248 e. The first-order chi connectivity index (χ1) is 12.1. The van der Waals surface area contributed by atoms with Gasteiger partial charge in [-0.3, -0.25) is 19.4 Å². The molecule has 2 aromatic rings. The van der Waals surface area contributed by atoms with Crippen LogP contribution in [0.3, 0.4) is 0 Å². The number of piperazine rings is 1. The number of amides is 2. The van der Waals surface area contributed by atoms with Gasteiger partial charge in [0.25, 0.3) is 0 Å². The van der Waals surface area contributed by atoms with Gasteiger partial charge in [0.2, 0.25) is 11.8 Å². The van der Waals surface area contributed by atoms with Crippen LogP contribution in [0.4, 0.5) is 5.13 Å². The maximum absolute atomic E-state index is 12.6. The van der Waals surface area contributed by atoms with Crippen LogP contribution < -0.4 is 4.90 Å². The van der Waals surface area contributed by atoms with Gasteiger partial charge in [0, 0.05) is 40.3 Å². The van der Waals surface area contributed by atoms with Gasteiger partial charge in [-0.25, -0.2) is 4.98 Å². The van der Waals surface area contributed by atoms with E-state index < -0.39 is 0 Å². The number of hydrogen-bond donors (Lipinski definition) is 0. The Kier molecular flexibility index (Phi) is 5.62. The van der Waals surface area contributed by atoms with Gasteiger partial charge in [-0.15, -0.1) is 0 Å². The monoisotopic (exact) mass is 362 g/mol. The first-order valence-corrected chi connectivity index (χ1v) is 9.01. The molecule has 0 saturated carbocycles. The van der Waals surface area contributed by atoms with E-state index in [2.05, 4.69) is 9.88 Å². The van der Waals surface area contributed by atoms with Crippen molar-refractivity contribution in [3.05, 3.63) is 24.3 Å². The number of fused-ring (bicyclic) bond motifs is 1. The van der Waals surface area contributed by atoms with Crippen LogP contribution in [-0.2, 0) is 14.3 Å². The van der Waals surface area contributed by atoms with Crippen LogP contribution in [0.1, 0.15) is 0 Å². The van der Waals surface area contributed by atoms with Gasteiger partial charge >= 0.3 is 0 Å². The number of anilines is 1. The first-order valence-electron chi connectivity index (χ1n) is 8.19. The summed E-state index contributed by atoms with van der Waals surface area (Å²) in [6, 6.07) is 7.86. The van der Waals surface area contributed by atoms with Crippen LogP contribution in [0.5, 0.6) is 0 Å². The number of nitrogens with zero attached hydrogens (tertiary/aromatic N) is 4. The van der Waals surface area contributed by atoms with Crippen molar-refractivity contribution in [2.45, 2.75) is 0 Å². The molecule has 0 spiro atoms. The Labute approximate surface area is 150 Å². The van der Waals surface area contributed by atoms with E-state index in [0.29, 0.717) is 37.9 Å². The summed E-state index contributed by atoms with van der Waals surface area (Å²) in [5.41, 5.74) is 0.910. The number of hydrogen-bond acceptors (Lipinski definition) is 6. The van der Waals surface area contributed by atoms with Gasteiger partial charge in [0.05, 0.1) is 16.8 Å². The number of para-hydroxylation sites is 1. The number of thiazole rings is 1. The fourth-order valence-electron chi connectivity index (χ4n) is 2.78. The molecule has 0 N–H and O–H groups in total. The Morgan fingerprint density at radius 3 is 2.64 bits per heavy atom. The van der Waals surface area contributed by atoms with Crippen molar-refractivity contribution in [3.63, 3.8) is 0 Å². The largest absolute Gasteiger partial charge is 0.375 e. The second kappa shape index (κ2) is 7.90. The van der Waals surface area contributed by atoms with Crippen molar-refractivity contribution in [1.29, 1.82) is 0 Å². The molecule has 0 bridgehead atoms. The zero-order valence-corrected chi connectivity index (χ0v) is 15.3. The number of methoxy groups -OCH3 is 1. The molecule has 2 amide bonds. The topological polar surface area (TPSA) is 66.0 Å². The van der Waals surface area contributed by atoms with E-state index in [-0.39, 0.29) is 18.4 Å². The van der Waals surface area contributed by atoms with Crippen LogP contribution in [0.2, 0.25) is 0 Å². The van der Waals surface area contributed by atoms with Gasteiger partial charge in [-0.05, 0) is 12.1 Å². The number of carbonyl (C=O) groups excluding carboxylic acids is 2. The Morgan fingerprint density at radius 1 is 1.24 bits per heavy atom. The molecule has 1 aliphatic rings. The van der Waals surface area contributed by atoms with Crippen LogP contribution in [0.15, 0.2) is 24.3 Å². The average Bonchev–Trinajstić information content (AvgIpc) is 3.06. The molecule has 1 aromatic heterocycles. The van der Waals surface area contributed by atoms with Gasteiger partial charge in [0.1, 0.15) is 6.61 Å². The first kappa shape index (κ1) is 17.8. The molecule has 1 aliphatic heterocycles. The summed E-state index contributed by atoms with van der Waals surface area (Å²) in [6.07, 6.45) is 0. The van der Waals surface area contributed by atoms with E-state index in [0.717, 1.165) is 10.2 Å². The Balaban J connectivity index is 1.54. The molecule has 1 fully saturated rings. The van der Waals surface area contributed by atoms with E-state index in [1.807, 2.05) is 24.3 Å². The van der Waals surface area contributed by atoms with E-state index in [1.54, 1.807) is 16.8 Å². The highest BCUT2D eigenvalue weighted by Crippen LogP contribution is 2.27. The third-order valence-electron chi connectivity index (χ3n) is 4.30. The molecule has 7 nitrogen and oxygen atoms in total. The molecule has 0 atom stereocenters. The fourth-order valence-corrected chi connectivity index (χ4v) is 3.72. The smallest absolute Gasteiger partial charge is 0.248 e. The van der Waals surface area contributed by atoms with Gasteiger partial charge < -0.3 is 9.64 Å². The lowest BCUT2D eigenvalue weighted by Crippen LogP contribution is -2.52. The number of aromatic nitrogens is 1. The van der Waals surface area contributed by atoms with Gasteiger partial charge in [-0.2, -0.15) is 0 Å². The number of likely N-dealkylation sites (N-methyl/N-ethyl adjacent to an activating group) is 1. The van der Waals surface area contributed by atoms with Crippen molar-refractivity contribution >= 4 is 38.5 Å². The molecule has 3 rings (SSSR count). The summed E-state index contributed by atoms with van der Waals surface area (Å²) in [6.45, 7) is 3.07. The lowest BCUT2D eigenvalue weighted by molar-refractivity contribution is -0.137. The molecule has 25 heavy (non-hydrogen) atoms. The van der Waals surface area contributed by atoms with Crippen molar-refractivity contribution in [1.82, 2.24) is 14.8 Å². The normalized spacial score (nSPS) is 15.5. The van der Waals surface area contributed by atoms with Crippen molar-refractivity contribution < 1.29 is 14.3 Å². The van der Waals surface area contributed by atoms with Crippen molar-refractivity contribution in [2.24, 2.45) is 0 Å². The van der Waals surface area contributed by atoms with E-state index in [1.165, 1.54) is 18.4 Å². The zero-order valence-electron chi connectivity index (χ0n) is 14.5. The predicted molar refractivity (Wildman–Crippen MR) is 97.9 cm³/mol. The summed E-state index contributed by atoms with van der Waals surface area (Å²) in [5.74, 6) is 0.00999. The SMILES string of the molecule is COCC(=O)N1CCN(CC(=O)N(C)c2nc3ccccc3s2)CC1.